The van der Waals surface area contributed by atoms with Gasteiger partial charge in [0.2, 0.25) is 5.78 Å². The summed E-state index contributed by atoms with van der Waals surface area (Å²) >= 11 is 5.58. The molecule has 0 aromatic heterocycles. The molecule has 0 spiro atoms. The van der Waals surface area contributed by atoms with Crippen molar-refractivity contribution in [1.29, 1.82) is 0 Å². The molecule has 0 amide bonds. The first kappa shape index (κ1) is 9.56. The molecule has 3 nitrogen and oxygen atoms in total. The van der Waals surface area contributed by atoms with Crippen LogP contribution in [-0.4, -0.2) is 17.4 Å². The van der Waals surface area contributed by atoms with Crippen molar-refractivity contribution < 1.29 is 9.90 Å². The van der Waals surface area contributed by atoms with Crippen LogP contribution in [-0.2, 0) is 0 Å². The minimum absolute atomic E-state index is 0.0685. The molecule has 1 rings (SSSR count). The third-order valence-electron chi connectivity index (χ3n) is 1.49. The summed E-state index contributed by atoms with van der Waals surface area (Å²) in [6.45, 7) is 6.31. The fraction of sp³-hybridized carbons (Fsp3) is 0.111. The molecule has 1 aromatic rings. The monoisotopic (exact) mass is 195 g/mol. The maximum Gasteiger partial charge on any atom is 0.276 e. The standard InChI is InChI=1S/C9H6ClNO2/c1-11-5-9(13)6-2-3-8(12)7(10)4-6/h2-4,12H,5H2. The highest BCUT2D eigenvalue weighted by Gasteiger charge is 2.09. The molecule has 0 fully saturated rings. The molecule has 0 atom stereocenters. The van der Waals surface area contributed by atoms with Gasteiger partial charge in [-0.3, -0.25) is 4.79 Å². The molecule has 1 N–H and O–H groups in total. The largest absolute Gasteiger partial charge is 0.506 e. The highest BCUT2D eigenvalue weighted by atomic mass is 35.5. The van der Waals surface area contributed by atoms with E-state index < -0.39 is 0 Å². The average molecular weight is 196 g/mol. The van der Waals surface area contributed by atoms with E-state index in [0.717, 1.165) is 0 Å². The first-order chi connectivity index (χ1) is 6.15. The number of rotatable bonds is 2. The van der Waals surface area contributed by atoms with Crippen LogP contribution < -0.4 is 0 Å². The molecule has 0 heterocycles. The van der Waals surface area contributed by atoms with E-state index in [0.29, 0.717) is 5.56 Å². The number of carbonyl (C=O) groups is 1. The maximum absolute atomic E-state index is 11.2. The summed E-state index contributed by atoms with van der Waals surface area (Å²) in [5.74, 6) is -0.363. The minimum Gasteiger partial charge on any atom is -0.506 e. The topological polar surface area (TPSA) is 41.7 Å². The highest BCUT2D eigenvalue weighted by molar-refractivity contribution is 6.32. The molecule has 13 heavy (non-hydrogen) atoms. The number of Topliss-reactive ketones (excluding diaryl/α,β-unsaturated/α-hetero) is 1. The van der Waals surface area contributed by atoms with E-state index >= 15 is 0 Å². The Kier molecular flexibility index (Phi) is 2.88. The first-order valence-corrected chi connectivity index (χ1v) is 3.88. The Morgan fingerprint density at radius 3 is 2.85 bits per heavy atom. The quantitative estimate of drug-likeness (QED) is 0.580. The van der Waals surface area contributed by atoms with Gasteiger partial charge in [0, 0.05) is 5.56 Å². The summed E-state index contributed by atoms with van der Waals surface area (Å²) in [6.07, 6.45) is 0. The average Bonchev–Trinajstić information content (AvgIpc) is 2.10. The van der Waals surface area contributed by atoms with Crippen LogP contribution in [0.4, 0.5) is 0 Å². The molecular formula is C9H6ClNO2. The van der Waals surface area contributed by atoms with E-state index in [9.17, 15) is 4.79 Å². The summed E-state index contributed by atoms with van der Waals surface area (Å²) in [7, 11) is 0. The smallest absolute Gasteiger partial charge is 0.276 e. The lowest BCUT2D eigenvalue weighted by Crippen LogP contribution is -2.01. The zero-order valence-corrected chi connectivity index (χ0v) is 7.38. The van der Waals surface area contributed by atoms with Crippen LogP contribution in [0.1, 0.15) is 10.4 Å². The van der Waals surface area contributed by atoms with Crippen molar-refractivity contribution in [2.75, 3.05) is 6.54 Å². The number of phenols is 1. The van der Waals surface area contributed by atoms with E-state index in [2.05, 4.69) is 4.85 Å². The lowest BCUT2D eigenvalue weighted by atomic mass is 10.1. The second kappa shape index (κ2) is 3.92. The summed E-state index contributed by atoms with van der Waals surface area (Å²) in [5.41, 5.74) is 0.346. The van der Waals surface area contributed by atoms with Crippen LogP contribution in [0.3, 0.4) is 0 Å². The summed E-state index contributed by atoms with van der Waals surface area (Å²) < 4.78 is 0. The third-order valence-corrected chi connectivity index (χ3v) is 1.80. The Bertz CT molecular complexity index is 382. The van der Waals surface area contributed by atoms with Crippen molar-refractivity contribution in [1.82, 2.24) is 0 Å². The predicted octanol–water partition coefficient (Wildman–Crippen LogP) is 2.15. The van der Waals surface area contributed by atoms with Crippen LogP contribution >= 0.6 is 11.6 Å². The van der Waals surface area contributed by atoms with Crippen molar-refractivity contribution in [2.24, 2.45) is 0 Å². The van der Waals surface area contributed by atoms with Gasteiger partial charge in [-0.25, -0.2) is 6.57 Å². The summed E-state index contributed by atoms with van der Waals surface area (Å²) in [5, 5.41) is 9.17. The molecule has 0 bridgehead atoms. The molecule has 66 valence electrons. The van der Waals surface area contributed by atoms with E-state index in [1.807, 2.05) is 0 Å². The predicted molar refractivity (Wildman–Crippen MR) is 48.9 cm³/mol. The molecule has 0 aliphatic carbocycles. The maximum atomic E-state index is 11.2. The van der Waals surface area contributed by atoms with E-state index in [1.165, 1.54) is 18.2 Å². The van der Waals surface area contributed by atoms with Crippen molar-refractivity contribution in [2.45, 2.75) is 0 Å². The molecule has 1 aromatic carbocycles. The van der Waals surface area contributed by atoms with Crippen molar-refractivity contribution in [3.8, 4) is 5.75 Å². The highest BCUT2D eigenvalue weighted by Crippen LogP contribution is 2.23. The first-order valence-electron chi connectivity index (χ1n) is 3.50. The Labute approximate surface area is 80.4 Å². The molecule has 4 heteroatoms. The van der Waals surface area contributed by atoms with E-state index in [-0.39, 0.29) is 23.1 Å². The van der Waals surface area contributed by atoms with Crippen molar-refractivity contribution in [3.05, 3.63) is 40.2 Å². The Morgan fingerprint density at radius 2 is 2.31 bits per heavy atom. The molecule has 0 saturated heterocycles. The number of benzene rings is 1. The molecular weight excluding hydrogens is 190 g/mol. The van der Waals surface area contributed by atoms with Gasteiger partial charge in [-0.15, -0.1) is 0 Å². The molecule has 0 saturated carbocycles. The van der Waals surface area contributed by atoms with Crippen LogP contribution in [0.5, 0.6) is 5.75 Å². The number of phenolic OH excluding ortho intramolecular Hbond substituents is 1. The number of carbonyl (C=O) groups excluding carboxylic acids is 1. The van der Waals surface area contributed by atoms with Gasteiger partial charge >= 0.3 is 0 Å². The van der Waals surface area contributed by atoms with Crippen molar-refractivity contribution >= 4 is 17.4 Å². The Morgan fingerprint density at radius 1 is 1.62 bits per heavy atom. The van der Waals surface area contributed by atoms with Gasteiger partial charge in [0.15, 0.2) is 0 Å². The van der Waals surface area contributed by atoms with Gasteiger partial charge < -0.3 is 9.95 Å². The zero-order valence-electron chi connectivity index (χ0n) is 6.62. The third kappa shape index (κ3) is 2.20. The lowest BCUT2D eigenvalue weighted by molar-refractivity contribution is 0.101. The fourth-order valence-corrected chi connectivity index (χ4v) is 1.02. The summed E-state index contributed by atoms with van der Waals surface area (Å²) in [6, 6.07) is 4.12. The van der Waals surface area contributed by atoms with Gasteiger partial charge in [0.25, 0.3) is 6.54 Å². The molecule has 0 aliphatic rings. The number of halogens is 1. The second-order valence-corrected chi connectivity index (χ2v) is 2.81. The Balaban J connectivity index is 2.98. The Hall–Kier alpha value is -1.53. The number of hydrogen-bond donors (Lipinski definition) is 1. The zero-order chi connectivity index (χ0) is 9.84. The van der Waals surface area contributed by atoms with Crippen LogP contribution in [0.15, 0.2) is 18.2 Å². The van der Waals surface area contributed by atoms with Crippen LogP contribution in [0, 0.1) is 6.57 Å². The number of nitrogens with zero attached hydrogens (tertiary/aromatic N) is 1. The van der Waals surface area contributed by atoms with Crippen LogP contribution in [0.2, 0.25) is 5.02 Å². The SMILES string of the molecule is [C-]#[N+]CC(=O)c1ccc(O)c(Cl)c1. The number of ketones is 1. The van der Waals surface area contributed by atoms with Gasteiger partial charge in [0.05, 0.1) is 5.02 Å². The van der Waals surface area contributed by atoms with Gasteiger partial charge in [-0.1, -0.05) is 11.6 Å². The molecule has 0 unspecified atom stereocenters. The molecule has 0 aliphatic heterocycles. The lowest BCUT2D eigenvalue weighted by Gasteiger charge is -1.98. The summed E-state index contributed by atoms with van der Waals surface area (Å²) in [4.78, 5) is 14.1. The molecule has 0 radical (unpaired) electrons. The van der Waals surface area contributed by atoms with Crippen molar-refractivity contribution in [3.63, 3.8) is 0 Å². The number of aromatic hydroxyl groups is 1. The van der Waals surface area contributed by atoms with Gasteiger partial charge in [-0.2, -0.15) is 0 Å². The van der Waals surface area contributed by atoms with E-state index in [1.54, 1.807) is 0 Å². The second-order valence-electron chi connectivity index (χ2n) is 2.41. The fourth-order valence-electron chi connectivity index (χ4n) is 0.843. The van der Waals surface area contributed by atoms with E-state index in [4.69, 9.17) is 23.3 Å². The number of hydrogen-bond acceptors (Lipinski definition) is 2. The normalized spacial score (nSPS) is 9.23. The van der Waals surface area contributed by atoms with Gasteiger partial charge in [-0.05, 0) is 18.2 Å². The van der Waals surface area contributed by atoms with Crippen LogP contribution in [0.25, 0.3) is 4.85 Å². The minimum atomic E-state index is -0.295. The van der Waals surface area contributed by atoms with Gasteiger partial charge in [0.1, 0.15) is 5.75 Å².